The van der Waals surface area contributed by atoms with Crippen molar-refractivity contribution in [2.45, 2.75) is 19.9 Å². The van der Waals surface area contributed by atoms with Crippen LogP contribution in [0.25, 0.3) is 10.8 Å². The Morgan fingerprint density at radius 3 is 2.78 bits per heavy atom. The van der Waals surface area contributed by atoms with E-state index in [0.29, 0.717) is 23.9 Å². The fourth-order valence-corrected chi connectivity index (χ4v) is 2.76. The molecule has 23 heavy (non-hydrogen) atoms. The molecule has 3 aromatic rings. The van der Waals surface area contributed by atoms with Crippen molar-refractivity contribution in [2.75, 3.05) is 0 Å². The summed E-state index contributed by atoms with van der Waals surface area (Å²) in [5, 5.41) is 4.75. The molecule has 1 aromatic carbocycles. The maximum absolute atomic E-state index is 12.8. The fraction of sp³-hybridized carbons (Fsp3) is 0.176. The van der Waals surface area contributed by atoms with Gasteiger partial charge in [-0.15, -0.1) is 11.3 Å². The zero-order chi connectivity index (χ0) is 16.2. The Morgan fingerprint density at radius 1 is 1.30 bits per heavy atom. The Morgan fingerprint density at radius 2 is 2.09 bits per heavy atom. The SMILES string of the molecule is Cc1oc(-c2cccs2)nc1CC(=O)NCc1ccc(F)cc1. The number of nitrogens with one attached hydrogen (secondary N) is 1. The molecule has 0 spiro atoms. The highest BCUT2D eigenvalue weighted by molar-refractivity contribution is 7.13. The minimum absolute atomic E-state index is 0.150. The lowest BCUT2D eigenvalue weighted by molar-refractivity contribution is -0.120. The van der Waals surface area contributed by atoms with Gasteiger partial charge < -0.3 is 9.73 Å². The molecule has 6 heteroatoms. The molecule has 0 fully saturated rings. The number of carbonyl (C=O) groups is 1. The summed E-state index contributed by atoms with van der Waals surface area (Å²) in [4.78, 5) is 17.4. The van der Waals surface area contributed by atoms with E-state index in [1.807, 2.05) is 17.5 Å². The van der Waals surface area contributed by atoms with Crippen LogP contribution in [0.15, 0.2) is 46.2 Å². The number of benzene rings is 1. The second-order valence-corrected chi connectivity index (χ2v) is 6.03. The van der Waals surface area contributed by atoms with Gasteiger partial charge in [0, 0.05) is 6.54 Å². The van der Waals surface area contributed by atoms with E-state index in [4.69, 9.17) is 4.42 Å². The van der Waals surface area contributed by atoms with Gasteiger partial charge in [-0.2, -0.15) is 0 Å². The average molecular weight is 330 g/mol. The molecule has 0 aliphatic carbocycles. The Labute approximate surface area is 137 Å². The first kappa shape index (κ1) is 15.4. The van der Waals surface area contributed by atoms with E-state index in [1.54, 1.807) is 19.1 Å². The maximum atomic E-state index is 12.8. The molecule has 1 amide bonds. The third-order valence-electron chi connectivity index (χ3n) is 3.36. The Balaban J connectivity index is 1.60. The van der Waals surface area contributed by atoms with Crippen LogP contribution in [-0.4, -0.2) is 10.9 Å². The monoisotopic (exact) mass is 330 g/mol. The van der Waals surface area contributed by atoms with Crippen molar-refractivity contribution in [3.63, 3.8) is 0 Å². The largest absolute Gasteiger partial charge is 0.440 e. The molecule has 0 saturated heterocycles. The van der Waals surface area contributed by atoms with Crippen molar-refractivity contribution in [3.8, 4) is 10.8 Å². The number of hydrogen-bond acceptors (Lipinski definition) is 4. The van der Waals surface area contributed by atoms with Gasteiger partial charge in [0.25, 0.3) is 0 Å². The van der Waals surface area contributed by atoms with Crippen LogP contribution in [0, 0.1) is 12.7 Å². The van der Waals surface area contributed by atoms with Crippen LogP contribution in [0.2, 0.25) is 0 Å². The molecule has 0 atom stereocenters. The van der Waals surface area contributed by atoms with Gasteiger partial charge in [-0.1, -0.05) is 18.2 Å². The standard InChI is InChI=1S/C17H15FN2O2S/c1-11-14(20-17(22-11)15-3-2-8-23-15)9-16(21)19-10-12-4-6-13(18)7-5-12/h2-8H,9-10H2,1H3,(H,19,21). The quantitative estimate of drug-likeness (QED) is 0.776. The molecule has 0 bridgehead atoms. The van der Waals surface area contributed by atoms with Crippen LogP contribution >= 0.6 is 11.3 Å². The van der Waals surface area contributed by atoms with Crippen LogP contribution < -0.4 is 5.32 Å². The highest BCUT2D eigenvalue weighted by atomic mass is 32.1. The van der Waals surface area contributed by atoms with Gasteiger partial charge in [0.05, 0.1) is 17.0 Å². The lowest BCUT2D eigenvalue weighted by Crippen LogP contribution is -2.24. The van der Waals surface area contributed by atoms with E-state index in [-0.39, 0.29) is 18.1 Å². The second kappa shape index (κ2) is 6.75. The van der Waals surface area contributed by atoms with Crippen molar-refractivity contribution >= 4 is 17.2 Å². The Hall–Kier alpha value is -2.47. The molecule has 0 saturated carbocycles. The Bertz CT molecular complexity index is 795. The molecule has 2 heterocycles. The summed E-state index contributed by atoms with van der Waals surface area (Å²) in [5.41, 5.74) is 1.47. The number of hydrogen-bond donors (Lipinski definition) is 1. The van der Waals surface area contributed by atoms with Gasteiger partial charge in [0.15, 0.2) is 0 Å². The van der Waals surface area contributed by atoms with Crippen LogP contribution in [0.3, 0.4) is 0 Å². The molecule has 0 aliphatic rings. The van der Waals surface area contributed by atoms with E-state index in [2.05, 4.69) is 10.3 Å². The molecular weight excluding hydrogens is 315 g/mol. The summed E-state index contributed by atoms with van der Waals surface area (Å²) in [5.74, 6) is 0.743. The first-order valence-electron chi connectivity index (χ1n) is 7.13. The lowest BCUT2D eigenvalue weighted by atomic mass is 10.2. The Kier molecular flexibility index (Phi) is 4.52. The summed E-state index contributed by atoms with van der Waals surface area (Å²) in [6.45, 7) is 2.15. The normalized spacial score (nSPS) is 10.7. The molecule has 0 unspecified atom stereocenters. The number of aromatic nitrogens is 1. The predicted octanol–water partition coefficient (Wildman–Crippen LogP) is 3.71. The van der Waals surface area contributed by atoms with Crippen molar-refractivity contribution in [1.29, 1.82) is 0 Å². The van der Waals surface area contributed by atoms with Crippen molar-refractivity contribution in [1.82, 2.24) is 10.3 Å². The minimum atomic E-state index is -0.292. The number of thiophene rings is 1. The molecule has 1 N–H and O–H groups in total. The average Bonchev–Trinajstić information content (AvgIpc) is 3.17. The van der Waals surface area contributed by atoms with E-state index in [0.717, 1.165) is 10.4 Å². The van der Waals surface area contributed by atoms with Gasteiger partial charge in [-0.3, -0.25) is 4.79 Å². The predicted molar refractivity (Wildman–Crippen MR) is 86.5 cm³/mol. The van der Waals surface area contributed by atoms with Crippen LogP contribution in [0.1, 0.15) is 17.0 Å². The van der Waals surface area contributed by atoms with Gasteiger partial charge in [0.1, 0.15) is 11.6 Å². The van der Waals surface area contributed by atoms with Crippen molar-refractivity contribution < 1.29 is 13.6 Å². The summed E-state index contributed by atoms with van der Waals surface area (Å²) in [6.07, 6.45) is 0.155. The number of amides is 1. The van der Waals surface area contributed by atoms with Crippen molar-refractivity contribution in [2.24, 2.45) is 0 Å². The molecular formula is C17H15FN2O2S. The zero-order valence-corrected chi connectivity index (χ0v) is 13.3. The number of nitrogens with zero attached hydrogens (tertiary/aromatic N) is 1. The van der Waals surface area contributed by atoms with Crippen LogP contribution in [0.4, 0.5) is 4.39 Å². The lowest BCUT2D eigenvalue weighted by Gasteiger charge is -2.04. The summed E-state index contributed by atoms with van der Waals surface area (Å²) >= 11 is 1.54. The summed E-state index contributed by atoms with van der Waals surface area (Å²) < 4.78 is 18.4. The maximum Gasteiger partial charge on any atom is 0.236 e. The van der Waals surface area contributed by atoms with Crippen molar-refractivity contribution in [3.05, 3.63) is 64.6 Å². The second-order valence-electron chi connectivity index (χ2n) is 5.08. The molecule has 4 nitrogen and oxygen atoms in total. The summed E-state index contributed by atoms with van der Waals surface area (Å²) in [6, 6.07) is 9.88. The molecule has 2 aromatic heterocycles. The number of aryl methyl sites for hydroxylation is 1. The number of carbonyl (C=O) groups excluding carboxylic acids is 1. The molecule has 0 aliphatic heterocycles. The third-order valence-corrected chi connectivity index (χ3v) is 4.21. The smallest absolute Gasteiger partial charge is 0.236 e. The van der Waals surface area contributed by atoms with Gasteiger partial charge in [-0.05, 0) is 36.1 Å². The van der Waals surface area contributed by atoms with Crippen LogP contribution in [-0.2, 0) is 17.8 Å². The van der Waals surface area contributed by atoms with Gasteiger partial charge in [-0.25, -0.2) is 9.37 Å². The minimum Gasteiger partial charge on any atom is -0.440 e. The number of halogens is 1. The number of oxazole rings is 1. The third kappa shape index (κ3) is 3.84. The molecule has 3 rings (SSSR count). The highest BCUT2D eigenvalue weighted by Crippen LogP contribution is 2.26. The van der Waals surface area contributed by atoms with Gasteiger partial charge in [0.2, 0.25) is 11.8 Å². The highest BCUT2D eigenvalue weighted by Gasteiger charge is 2.15. The van der Waals surface area contributed by atoms with Gasteiger partial charge >= 0.3 is 0 Å². The number of rotatable bonds is 5. The van der Waals surface area contributed by atoms with E-state index in [1.165, 1.54) is 23.5 Å². The van der Waals surface area contributed by atoms with E-state index >= 15 is 0 Å². The topological polar surface area (TPSA) is 55.1 Å². The summed E-state index contributed by atoms with van der Waals surface area (Å²) in [7, 11) is 0. The molecule has 118 valence electrons. The van der Waals surface area contributed by atoms with E-state index in [9.17, 15) is 9.18 Å². The first-order valence-corrected chi connectivity index (χ1v) is 8.01. The van der Waals surface area contributed by atoms with E-state index < -0.39 is 0 Å². The zero-order valence-electron chi connectivity index (χ0n) is 12.5. The van der Waals surface area contributed by atoms with Crippen LogP contribution in [0.5, 0.6) is 0 Å². The first-order chi connectivity index (χ1) is 11.1. The fourth-order valence-electron chi connectivity index (χ4n) is 2.12. The molecule has 0 radical (unpaired) electrons.